The van der Waals surface area contributed by atoms with Gasteiger partial charge in [0.1, 0.15) is 17.1 Å². The maximum absolute atomic E-state index is 13.4. The first-order valence-corrected chi connectivity index (χ1v) is 11.2. The van der Waals surface area contributed by atoms with E-state index in [1.807, 2.05) is 12.1 Å². The molecule has 150 valence electrons. The van der Waals surface area contributed by atoms with Crippen molar-refractivity contribution >= 4 is 39.2 Å². The van der Waals surface area contributed by atoms with Crippen molar-refractivity contribution in [3.05, 3.63) is 45.0 Å². The molecule has 3 aromatic rings. The van der Waals surface area contributed by atoms with Crippen molar-refractivity contribution in [2.24, 2.45) is 5.92 Å². The van der Waals surface area contributed by atoms with Crippen molar-refractivity contribution in [1.29, 1.82) is 5.26 Å². The predicted molar refractivity (Wildman–Crippen MR) is 112 cm³/mol. The van der Waals surface area contributed by atoms with Gasteiger partial charge in [-0.15, -0.1) is 11.3 Å². The molecule has 0 aliphatic heterocycles. The average Bonchev–Trinajstić information content (AvgIpc) is 3.34. The Morgan fingerprint density at radius 2 is 2.41 bits per heavy atom. The number of carbonyl (C=O) groups is 1. The van der Waals surface area contributed by atoms with Crippen LogP contribution in [0.2, 0.25) is 0 Å². The number of amides is 1. The fraction of sp³-hybridized carbons (Fsp3) is 0.400. The number of thiophene rings is 1. The Hall–Kier alpha value is -2.57. The highest BCUT2D eigenvalue weighted by molar-refractivity contribution is 7.99. The molecule has 0 radical (unpaired) electrons. The summed E-state index contributed by atoms with van der Waals surface area (Å²) >= 11 is 2.79. The summed E-state index contributed by atoms with van der Waals surface area (Å²) in [6, 6.07) is 5.47. The smallest absolute Gasteiger partial charge is 0.263 e. The van der Waals surface area contributed by atoms with Crippen LogP contribution in [-0.2, 0) is 24.2 Å². The van der Waals surface area contributed by atoms with E-state index >= 15 is 0 Å². The van der Waals surface area contributed by atoms with Gasteiger partial charge in [-0.1, -0.05) is 18.7 Å². The number of nitrogens with one attached hydrogen (secondary N) is 1. The minimum Gasteiger partial charge on any atom is -0.467 e. The summed E-state index contributed by atoms with van der Waals surface area (Å²) in [4.78, 5) is 32.1. The highest BCUT2D eigenvalue weighted by atomic mass is 32.2. The number of aromatic nitrogens is 2. The van der Waals surface area contributed by atoms with Crippen molar-refractivity contribution in [2.75, 3.05) is 12.3 Å². The van der Waals surface area contributed by atoms with E-state index < -0.39 is 0 Å². The lowest BCUT2D eigenvalue weighted by atomic mass is 9.89. The highest BCUT2D eigenvalue weighted by Gasteiger charge is 2.25. The van der Waals surface area contributed by atoms with Crippen LogP contribution in [0.5, 0.6) is 0 Å². The third-order valence-electron chi connectivity index (χ3n) is 4.97. The van der Waals surface area contributed by atoms with Gasteiger partial charge >= 0.3 is 0 Å². The van der Waals surface area contributed by atoms with Crippen LogP contribution in [-0.4, -0.2) is 27.8 Å². The van der Waals surface area contributed by atoms with Gasteiger partial charge in [0.2, 0.25) is 5.91 Å². The maximum Gasteiger partial charge on any atom is 0.263 e. The van der Waals surface area contributed by atoms with E-state index in [9.17, 15) is 9.59 Å². The van der Waals surface area contributed by atoms with E-state index in [-0.39, 0.29) is 30.3 Å². The maximum atomic E-state index is 13.4. The number of rotatable bonds is 6. The van der Waals surface area contributed by atoms with Crippen molar-refractivity contribution < 1.29 is 9.21 Å². The molecule has 4 rings (SSSR count). The minimum atomic E-state index is -0.269. The van der Waals surface area contributed by atoms with Crippen molar-refractivity contribution in [3.8, 4) is 6.07 Å². The topological polar surface area (TPSA) is 101 Å². The molecule has 3 heterocycles. The minimum absolute atomic E-state index is 0.0408. The standard InChI is InChI=1S/C20H20N4O3S2/c1-12-4-5-14-15(9-12)29-18-17(14)19(26)24(10-13-3-2-8-27-13)20(23-18)28-11-16(25)22-7-6-21/h2-3,8,12H,4-5,7,9-11H2,1H3,(H,22,25). The third-order valence-corrected chi connectivity index (χ3v) is 7.10. The quantitative estimate of drug-likeness (QED) is 0.368. The number of fused-ring (bicyclic) bond motifs is 3. The first-order valence-electron chi connectivity index (χ1n) is 9.40. The Kier molecular flexibility index (Phi) is 5.74. The largest absolute Gasteiger partial charge is 0.467 e. The fourth-order valence-corrected chi connectivity index (χ4v) is 5.78. The van der Waals surface area contributed by atoms with Crippen LogP contribution in [0.3, 0.4) is 0 Å². The zero-order chi connectivity index (χ0) is 20.4. The molecule has 1 N–H and O–H groups in total. The van der Waals surface area contributed by atoms with Crippen molar-refractivity contribution in [3.63, 3.8) is 0 Å². The normalized spacial score (nSPS) is 15.8. The van der Waals surface area contributed by atoms with Gasteiger partial charge in [-0.05, 0) is 42.9 Å². The van der Waals surface area contributed by atoms with Crippen LogP contribution >= 0.6 is 23.1 Å². The van der Waals surface area contributed by atoms with E-state index in [2.05, 4.69) is 12.2 Å². The number of carbonyl (C=O) groups excluding carboxylic acids is 1. The molecule has 3 aromatic heterocycles. The molecule has 0 aromatic carbocycles. The first kappa shape index (κ1) is 19.7. The molecule has 1 aliphatic carbocycles. The predicted octanol–water partition coefficient (Wildman–Crippen LogP) is 2.96. The van der Waals surface area contributed by atoms with Gasteiger partial charge in [0.15, 0.2) is 5.16 Å². The second-order valence-electron chi connectivity index (χ2n) is 7.12. The number of nitrogens with zero attached hydrogens (tertiary/aromatic N) is 3. The molecule has 1 atom stereocenters. The van der Waals surface area contributed by atoms with Crippen molar-refractivity contribution in [2.45, 2.75) is 37.9 Å². The second-order valence-corrected chi connectivity index (χ2v) is 9.15. The zero-order valence-electron chi connectivity index (χ0n) is 15.9. The molecule has 9 heteroatoms. The van der Waals surface area contributed by atoms with Gasteiger partial charge in [-0.2, -0.15) is 5.26 Å². The third kappa shape index (κ3) is 4.09. The lowest BCUT2D eigenvalue weighted by Gasteiger charge is -2.17. The molecular weight excluding hydrogens is 408 g/mol. The Balaban J connectivity index is 1.75. The van der Waals surface area contributed by atoms with Crippen LogP contribution in [0.15, 0.2) is 32.8 Å². The fourth-order valence-electron chi connectivity index (χ4n) is 3.53. The molecular formula is C20H20N4O3S2. The highest BCUT2D eigenvalue weighted by Crippen LogP contribution is 2.36. The molecule has 7 nitrogen and oxygen atoms in total. The molecule has 1 unspecified atom stereocenters. The van der Waals surface area contributed by atoms with E-state index in [4.69, 9.17) is 14.7 Å². The van der Waals surface area contributed by atoms with Gasteiger partial charge in [-0.25, -0.2) is 4.98 Å². The number of nitriles is 1. The van der Waals surface area contributed by atoms with Gasteiger partial charge in [0, 0.05) is 4.88 Å². The SMILES string of the molecule is CC1CCc2c(sc3nc(SCC(=O)NCC#N)n(Cc4ccco4)c(=O)c23)C1. The lowest BCUT2D eigenvalue weighted by Crippen LogP contribution is -2.27. The molecule has 0 spiro atoms. The number of hydrogen-bond donors (Lipinski definition) is 1. The molecule has 0 bridgehead atoms. The Bertz CT molecular complexity index is 1140. The molecule has 0 fully saturated rings. The van der Waals surface area contributed by atoms with E-state index in [1.165, 1.54) is 16.6 Å². The van der Waals surface area contributed by atoms with E-state index in [0.29, 0.717) is 22.2 Å². The summed E-state index contributed by atoms with van der Waals surface area (Å²) in [5.41, 5.74) is 1.05. The Labute approximate surface area is 175 Å². The molecule has 1 amide bonds. The number of thioether (sulfide) groups is 1. The first-order chi connectivity index (χ1) is 14.1. The molecule has 0 saturated carbocycles. The van der Waals surface area contributed by atoms with Crippen LogP contribution in [0.25, 0.3) is 10.2 Å². The van der Waals surface area contributed by atoms with Gasteiger partial charge in [-0.3, -0.25) is 14.2 Å². The van der Waals surface area contributed by atoms with Crippen LogP contribution in [0.4, 0.5) is 0 Å². The van der Waals surface area contributed by atoms with Crippen molar-refractivity contribution in [1.82, 2.24) is 14.9 Å². The molecule has 29 heavy (non-hydrogen) atoms. The second kappa shape index (κ2) is 8.43. The van der Waals surface area contributed by atoms with E-state index in [1.54, 1.807) is 28.2 Å². The van der Waals surface area contributed by atoms with Crippen LogP contribution < -0.4 is 10.9 Å². The molecule has 0 saturated heterocycles. The van der Waals surface area contributed by atoms with E-state index in [0.717, 1.165) is 29.7 Å². The van der Waals surface area contributed by atoms with Gasteiger partial charge < -0.3 is 9.73 Å². The lowest BCUT2D eigenvalue weighted by molar-refractivity contribution is -0.118. The number of hydrogen-bond acceptors (Lipinski definition) is 7. The Morgan fingerprint density at radius 3 is 3.17 bits per heavy atom. The van der Waals surface area contributed by atoms with Crippen LogP contribution in [0.1, 0.15) is 29.5 Å². The summed E-state index contributed by atoms with van der Waals surface area (Å²) in [5, 5.41) is 12.3. The summed E-state index contributed by atoms with van der Waals surface area (Å²) in [6.07, 6.45) is 4.53. The van der Waals surface area contributed by atoms with Gasteiger partial charge in [0.25, 0.3) is 5.56 Å². The Morgan fingerprint density at radius 1 is 1.55 bits per heavy atom. The molecule has 1 aliphatic rings. The zero-order valence-corrected chi connectivity index (χ0v) is 17.6. The van der Waals surface area contributed by atoms with Crippen LogP contribution in [0, 0.1) is 17.2 Å². The average molecular weight is 429 g/mol. The summed E-state index contributed by atoms with van der Waals surface area (Å²) in [6.45, 7) is 2.45. The van der Waals surface area contributed by atoms with Gasteiger partial charge in [0.05, 0.1) is 30.0 Å². The summed E-state index contributed by atoms with van der Waals surface area (Å²) in [5.74, 6) is 1.08. The number of furan rings is 1. The number of aryl methyl sites for hydroxylation is 1. The monoisotopic (exact) mass is 428 g/mol. The summed E-state index contributed by atoms with van der Waals surface area (Å²) < 4.78 is 7.03. The summed E-state index contributed by atoms with van der Waals surface area (Å²) in [7, 11) is 0.